The number of amides is 1. The minimum atomic E-state index is -0.275. The lowest BCUT2D eigenvalue weighted by Gasteiger charge is -2.14. The second-order valence-corrected chi connectivity index (χ2v) is 7.55. The smallest absolute Gasteiger partial charge is 0.261 e. The van der Waals surface area contributed by atoms with E-state index in [1.54, 1.807) is 13.0 Å². The second kappa shape index (κ2) is 7.98. The summed E-state index contributed by atoms with van der Waals surface area (Å²) in [6.45, 7) is 6.26. The van der Waals surface area contributed by atoms with Crippen molar-refractivity contribution in [2.24, 2.45) is 0 Å². The Morgan fingerprint density at radius 1 is 1.19 bits per heavy atom. The quantitative estimate of drug-likeness (QED) is 0.680. The summed E-state index contributed by atoms with van der Waals surface area (Å²) < 4.78 is 14.8. The molecule has 3 aromatic rings. The molecular weight excluding hydrogens is 347 g/mol. The van der Waals surface area contributed by atoms with E-state index in [0.29, 0.717) is 22.4 Å². The molecule has 3 nitrogen and oxygen atoms in total. The van der Waals surface area contributed by atoms with Gasteiger partial charge in [-0.1, -0.05) is 37.3 Å². The summed E-state index contributed by atoms with van der Waals surface area (Å²) in [5, 5.41) is 3.51. The molecule has 0 fully saturated rings. The van der Waals surface area contributed by atoms with Gasteiger partial charge >= 0.3 is 0 Å². The minimum absolute atomic E-state index is 0.154. The molecule has 136 valence electrons. The van der Waals surface area contributed by atoms with Gasteiger partial charge in [0, 0.05) is 23.2 Å². The SMILES string of the molecule is CCN(C)Cc1cccc(CNC(=O)c2sc3cccc(F)c3c2C)c1. The summed E-state index contributed by atoms with van der Waals surface area (Å²) in [5.74, 6) is -0.428. The number of rotatable bonds is 6. The van der Waals surface area contributed by atoms with E-state index in [9.17, 15) is 9.18 Å². The predicted molar refractivity (Wildman–Crippen MR) is 106 cm³/mol. The Labute approximate surface area is 157 Å². The fourth-order valence-corrected chi connectivity index (χ4v) is 4.13. The molecule has 0 atom stereocenters. The largest absolute Gasteiger partial charge is 0.347 e. The third-order valence-corrected chi connectivity index (χ3v) is 5.80. The number of hydrogen-bond acceptors (Lipinski definition) is 3. The molecule has 0 radical (unpaired) electrons. The number of halogens is 1. The van der Waals surface area contributed by atoms with E-state index in [1.165, 1.54) is 23.0 Å². The molecule has 0 aliphatic rings. The molecule has 0 saturated heterocycles. The van der Waals surface area contributed by atoms with Gasteiger partial charge in [0.2, 0.25) is 0 Å². The predicted octanol–water partition coefficient (Wildman–Crippen LogP) is 4.73. The lowest BCUT2D eigenvalue weighted by Crippen LogP contribution is -2.22. The first-order chi connectivity index (χ1) is 12.5. The van der Waals surface area contributed by atoms with Gasteiger partial charge in [0.25, 0.3) is 5.91 Å². The van der Waals surface area contributed by atoms with Gasteiger partial charge in [-0.05, 0) is 49.3 Å². The highest BCUT2D eigenvalue weighted by molar-refractivity contribution is 7.21. The van der Waals surface area contributed by atoms with Crippen LogP contribution in [0.3, 0.4) is 0 Å². The molecule has 1 amide bonds. The summed E-state index contributed by atoms with van der Waals surface area (Å²) in [6, 6.07) is 13.2. The number of nitrogens with zero attached hydrogens (tertiary/aromatic N) is 1. The monoisotopic (exact) mass is 370 g/mol. The van der Waals surface area contributed by atoms with Crippen LogP contribution >= 0.6 is 11.3 Å². The zero-order valence-electron chi connectivity index (χ0n) is 15.3. The van der Waals surface area contributed by atoms with Crippen molar-refractivity contribution in [3.05, 3.63) is 69.8 Å². The maximum absolute atomic E-state index is 14.0. The van der Waals surface area contributed by atoms with Crippen molar-refractivity contribution in [3.63, 3.8) is 0 Å². The molecule has 3 rings (SSSR count). The van der Waals surface area contributed by atoms with Crippen LogP contribution < -0.4 is 5.32 Å². The number of aryl methyl sites for hydroxylation is 1. The summed E-state index contributed by atoms with van der Waals surface area (Å²) in [4.78, 5) is 15.4. The van der Waals surface area contributed by atoms with Crippen LogP contribution in [0.2, 0.25) is 0 Å². The van der Waals surface area contributed by atoms with Crippen molar-refractivity contribution >= 4 is 27.3 Å². The van der Waals surface area contributed by atoms with Gasteiger partial charge in [-0.25, -0.2) is 4.39 Å². The van der Waals surface area contributed by atoms with Gasteiger partial charge < -0.3 is 10.2 Å². The normalized spacial score (nSPS) is 11.3. The van der Waals surface area contributed by atoms with Gasteiger partial charge in [-0.15, -0.1) is 11.3 Å². The van der Waals surface area contributed by atoms with Gasteiger partial charge in [-0.2, -0.15) is 0 Å². The van der Waals surface area contributed by atoms with E-state index in [-0.39, 0.29) is 11.7 Å². The molecular formula is C21H23FN2OS. The number of thiophene rings is 1. The first-order valence-electron chi connectivity index (χ1n) is 8.71. The third-order valence-electron chi connectivity index (χ3n) is 4.55. The number of hydrogen-bond donors (Lipinski definition) is 1. The number of carbonyl (C=O) groups is 1. The molecule has 1 aromatic heterocycles. The molecule has 0 aliphatic heterocycles. The van der Waals surface area contributed by atoms with E-state index in [0.717, 1.165) is 23.4 Å². The van der Waals surface area contributed by atoms with Crippen LogP contribution in [-0.4, -0.2) is 24.4 Å². The number of nitrogens with one attached hydrogen (secondary N) is 1. The van der Waals surface area contributed by atoms with Crippen molar-refractivity contribution < 1.29 is 9.18 Å². The Morgan fingerprint density at radius 3 is 2.65 bits per heavy atom. The summed E-state index contributed by atoms with van der Waals surface area (Å²) >= 11 is 1.34. The highest BCUT2D eigenvalue weighted by atomic mass is 32.1. The van der Waals surface area contributed by atoms with Crippen LogP contribution in [0.5, 0.6) is 0 Å². The lowest BCUT2D eigenvalue weighted by molar-refractivity contribution is 0.0954. The van der Waals surface area contributed by atoms with Gasteiger partial charge in [-0.3, -0.25) is 4.79 Å². The maximum Gasteiger partial charge on any atom is 0.261 e. The number of carbonyl (C=O) groups excluding carboxylic acids is 1. The highest BCUT2D eigenvalue weighted by Gasteiger charge is 2.17. The minimum Gasteiger partial charge on any atom is -0.347 e. The van der Waals surface area contributed by atoms with Crippen LogP contribution in [-0.2, 0) is 13.1 Å². The van der Waals surface area contributed by atoms with Crippen molar-refractivity contribution in [2.75, 3.05) is 13.6 Å². The van der Waals surface area contributed by atoms with Crippen LogP contribution in [0.15, 0.2) is 42.5 Å². The zero-order valence-corrected chi connectivity index (χ0v) is 16.1. The van der Waals surface area contributed by atoms with Crippen LogP contribution in [0.1, 0.15) is 33.3 Å². The van der Waals surface area contributed by atoms with E-state index < -0.39 is 0 Å². The fraction of sp³-hybridized carbons (Fsp3) is 0.286. The van der Waals surface area contributed by atoms with Crippen LogP contribution in [0.25, 0.3) is 10.1 Å². The molecule has 0 spiro atoms. The van der Waals surface area contributed by atoms with E-state index in [2.05, 4.69) is 36.3 Å². The van der Waals surface area contributed by atoms with Gasteiger partial charge in [0.15, 0.2) is 0 Å². The summed E-state index contributed by atoms with van der Waals surface area (Å²) in [6.07, 6.45) is 0. The van der Waals surface area contributed by atoms with Crippen LogP contribution in [0, 0.1) is 12.7 Å². The first-order valence-corrected chi connectivity index (χ1v) is 9.53. The average Bonchev–Trinajstić information content (AvgIpc) is 2.98. The van der Waals surface area contributed by atoms with E-state index >= 15 is 0 Å². The average molecular weight is 370 g/mol. The standard InChI is InChI=1S/C21H23FN2OS/c1-4-24(3)13-16-8-5-7-15(11-16)12-23-21(25)20-14(2)19-17(22)9-6-10-18(19)26-20/h5-11H,4,12-13H2,1-3H3,(H,23,25). The molecule has 0 bridgehead atoms. The Bertz CT molecular complexity index is 935. The molecule has 0 aliphatic carbocycles. The molecule has 0 saturated carbocycles. The van der Waals surface area contributed by atoms with Crippen molar-refractivity contribution in [1.29, 1.82) is 0 Å². The third kappa shape index (κ3) is 3.94. The summed E-state index contributed by atoms with van der Waals surface area (Å²) in [5.41, 5.74) is 2.99. The maximum atomic E-state index is 14.0. The van der Waals surface area contributed by atoms with Crippen molar-refractivity contribution in [2.45, 2.75) is 26.9 Å². The second-order valence-electron chi connectivity index (χ2n) is 6.50. The first kappa shape index (κ1) is 18.5. The molecule has 1 heterocycles. The highest BCUT2D eigenvalue weighted by Crippen LogP contribution is 2.32. The fourth-order valence-electron chi connectivity index (χ4n) is 2.99. The Morgan fingerprint density at radius 2 is 1.92 bits per heavy atom. The number of fused-ring (bicyclic) bond motifs is 1. The van der Waals surface area contributed by atoms with E-state index in [4.69, 9.17) is 0 Å². The van der Waals surface area contributed by atoms with Crippen molar-refractivity contribution in [1.82, 2.24) is 10.2 Å². The Hall–Kier alpha value is -2.24. The number of benzene rings is 2. The Balaban J connectivity index is 1.73. The van der Waals surface area contributed by atoms with Gasteiger partial charge in [0.05, 0.1) is 4.88 Å². The summed E-state index contributed by atoms with van der Waals surface area (Å²) in [7, 11) is 2.08. The van der Waals surface area contributed by atoms with Gasteiger partial charge in [0.1, 0.15) is 5.82 Å². The molecule has 0 unspecified atom stereocenters. The molecule has 1 N–H and O–H groups in total. The van der Waals surface area contributed by atoms with Crippen LogP contribution in [0.4, 0.5) is 4.39 Å². The van der Waals surface area contributed by atoms with Crippen molar-refractivity contribution in [3.8, 4) is 0 Å². The molecule has 26 heavy (non-hydrogen) atoms. The lowest BCUT2D eigenvalue weighted by atomic mass is 10.1. The van der Waals surface area contributed by atoms with E-state index in [1.807, 2.05) is 18.2 Å². The topological polar surface area (TPSA) is 32.3 Å². The Kier molecular flexibility index (Phi) is 5.69. The zero-order chi connectivity index (χ0) is 18.7. The molecule has 2 aromatic carbocycles. The molecule has 5 heteroatoms.